The Balaban J connectivity index is 1.48. The van der Waals surface area contributed by atoms with Crippen molar-refractivity contribution in [2.75, 3.05) is 16.8 Å². The van der Waals surface area contributed by atoms with Crippen LogP contribution in [0.15, 0.2) is 60.7 Å². The first-order valence-corrected chi connectivity index (χ1v) is 11.2. The number of nitrogens with zero attached hydrogens (tertiary/aromatic N) is 1. The van der Waals surface area contributed by atoms with Gasteiger partial charge in [0.25, 0.3) is 0 Å². The van der Waals surface area contributed by atoms with Gasteiger partial charge in [-0.3, -0.25) is 0 Å². The van der Waals surface area contributed by atoms with Gasteiger partial charge >= 0.3 is 6.03 Å². The predicted octanol–water partition coefficient (Wildman–Crippen LogP) is 5.02. The van der Waals surface area contributed by atoms with Gasteiger partial charge in [0.05, 0.1) is 11.7 Å². The summed E-state index contributed by atoms with van der Waals surface area (Å²) in [7, 11) is 0. The van der Waals surface area contributed by atoms with Gasteiger partial charge in [0.15, 0.2) is 11.6 Å². The van der Waals surface area contributed by atoms with Gasteiger partial charge in [-0.05, 0) is 66.9 Å². The SMILES string of the molecule is CC(N)c1cccc(-c2ccc(N3CC[C@@H](NC(=O)Nc4ccc(Cl)cc4)C3O)c(F)c2F)c1. The topological polar surface area (TPSA) is 90.6 Å². The molecule has 0 radical (unpaired) electrons. The van der Waals surface area contributed by atoms with E-state index in [1.165, 1.54) is 17.0 Å². The summed E-state index contributed by atoms with van der Waals surface area (Å²) < 4.78 is 30.1. The van der Waals surface area contributed by atoms with E-state index in [0.29, 0.717) is 22.7 Å². The number of carbonyl (C=O) groups is 1. The van der Waals surface area contributed by atoms with Crippen molar-refractivity contribution in [3.63, 3.8) is 0 Å². The third kappa shape index (κ3) is 4.99. The molecule has 1 aliphatic rings. The molecule has 0 aromatic heterocycles. The lowest BCUT2D eigenvalue weighted by Crippen LogP contribution is -2.46. The summed E-state index contributed by atoms with van der Waals surface area (Å²) in [6, 6.07) is 15.0. The maximum Gasteiger partial charge on any atom is 0.319 e. The lowest BCUT2D eigenvalue weighted by molar-refractivity contribution is 0.152. The molecule has 0 saturated carbocycles. The van der Waals surface area contributed by atoms with Crippen LogP contribution in [0.1, 0.15) is 24.9 Å². The van der Waals surface area contributed by atoms with Gasteiger partial charge < -0.3 is 26.4 Å². The van der Waals surface area contributed by atoms with Crippen molar-refractivity contribution in [1.29, 1.82) is 0 Å². The Morgan fingerprint density at radius 3 is 2.59 bits per heavy atom. The van der Waals surface area contributed by atoms with Gasteiger partial charge in [-0.1, -0.05) is 29.8 Å². The standard InChI is InChI=1S/C25H25ClF2N4O2/c1-14(29)15-3-2-4-16(13-15)19-9-10-21(23(28)22(19)27)32-12-11-20(24(32)33)31-25(34)30-18-7-5-17(26)6-8-18/h2-10,13-14,20,24,33H,11-12,29H2,1H3,(H2,30,31,34)/t14?,20-,24?/m1/s1. The minimum absolute atomic E-state index is 0.0699. The smallest absolute Gasteiger partial charge is 0.319 e. The Hall–Kier alpha value is -3.20. The molecule has 1 heterocycles. The van der Waals surface area contributed by atoms with Crippen LogP contribution in [0.3, 0.4) is 0 Å². The average Bonchev–Trinajstić information content (AvgIpc) is 3.17. The van der Waals surface area contributed by atoms with Crippen LogP contribution in [0.25, 0.3) is 11.1 Å². The summed E-state index contributed by atoms with van der Waals surface area (Å²) in [5.74, 6) is -2.07. The monoisotopic (exact) mass is 486 g/mol. The van der Waals surface area contributed by atoms with Crippen molar-refractivity contribution in [3.05, 3.63) is 82.9 Å². The van der Waals surface area contributed by atoms with E-state index in [0.717, 1.165) is 5.56 Å². The van der Waals surface area contributed by atoms with Crippen LogP contribution in [0.5, 0.6) is 0 Å². The van der Waals surface area contributed by atoms with Crippen molar-refractivity contribution < 1.29 is 18.7 Å². The van der Waals surface area contributed by atoms with Crippen LogP contribution in [0.2, 0.25) is 5.02 Å². The number of carbonyl (C=O) groups excluding carboxylic acids is 1. The second-order valence-electron chi connectivity index (χ2n) is 8.28. The van der Waals surface area contributed by atoms with E-state index in [2.05, 4.69) is 10.6 Å². The molecule has 3 aromatic carbocycles. The van der Waals surface area contributed by atoms with Crippen molar-refractivity contribution in [1.82, 2.24) is 5.32 Å². The fraction of sp³-hybridized carbons (Fsp3) is 0.240. The van der Waals surface area contributed by atoms with Gasteiger partial charge in [-0.25, -0.2) is 13.6 Å². The number of amides is 2. The molecule has 2 amide bonds. The zero-order valence-electron chi connectivity index (χ0n) is 18.4. The highest BCUT2D eigenvalue weighted by atomic mass is 35.5. The summed E-state index contributed by atoms with van der Waals surface area (Å²) in [6.07, 6.45) is -0.869. The van der Waals surface area contributed by atoms with E-state index < -0.39 is 29.9 Å². The first-order chi connectivity index (χ1) is 16.2. The largest absolute Gasteiger partial charge is 0.371 e. The molecule has 1 fully saturated rings. The fourth-order valence-electron chi connectivity index (χ4n) is 4.03. The highest BCUT2D eigenvalue weighted by molar-refractivity contribution is 6.30. The van der Waals surface area contributed by atoms with Gasteiger partial charge in [0, 0.05) is 28.9 Å². The second-order valence-corrected chi connectivity index (χ2v) is 8.72. The minimum Gasteiger partial charge on any atom is -0.371 e. The molecule has 2 unspecified atom stereocenters. The van der Waals surface area contributed by atoms with Crippen LogP contribution in [0.4, 0.5) is 25.0 Å². The first-order valence-electron chi connectivity index (χ1n) is 10.9. The Labute approximate surface area is 201 Å². The van der Waals surface area contributed by atoms with Crippen LogP contribution >= 0.6 is 11.6 Å². The highest BCUT2D eigenvalue weighted by Crippen LogP contribution is 2.34. The van der Waals surface area contributed by atoms with Gasteiger partial charge in [-0.2, -0.15) is 0 Å². The number of nitrogens with one attached hydrogen (secondary N) is 2. The van der Waals surface area contributed by atoms with Crippen molar-refractivity contribution in [2.24, 2.45) is 5.73 Å². The minimum atomic E-state index is -1.22. The molecule has 9 heteroatoms. The van der Waals surface area contributed by atoms with Gasteiger partial charge in [0.2, 0.25) is 0 Å². The summed E-state index contributed by atoms with van der Waals surface area (Å²) in [6.45, 7) is 2.05. The van der Waals surface area contributed by atoms with Crippen molar-refractivity contribution >= 4 is 29.0 Å². The van der Waals surface area contributed by atoms with E-state index in [-0.39, 0.29) is 23.8 Å². The maximum atomic E-state index is 15.1. The molecule has 1 aliphatic heterocycles. The number of anilines is 2. The van der Waals surface area contributed by atoms with Crippen LogP contribution in [-0.2, 0) is 0 Å². The Morgan fingerprint density at radius 2 is 1.88 bits per heavy atom. The number of halogens is 3. The molecule has 5 N–H and O–H groups in total. The van der Waals surface area contributed by atoms with E-state index in [4.69, 9.17) is 17.3 Å². The molecule has 34 heavy (non-hydrogen) atoms. The molecule has 1 saturated heterocycles. The zero-order chi connectivity index (χ0) is 24.4. The van der Waals surface area contributed by atoms with Crippen LogP contribution in [0, 0.1) is 11.6 Å². The number of rotatable bonds is 5. The maximum absolute atomic E-state index is 15.1. The summed E-state index contributed by atoms with van der Waals surface area (Å²) in [5, 5.41) is 16.6. The number of hydrogen-bond acceptors (Lipinski definition) is 4. The molecule has 3 atom stereocenters. The van der Waals surface area contributed by atoms with E-state index in [9.17, 15) is 9.90 Å². The predicted molar refractivity (Wildman–Crippen MR) is 130 cm³/mol. The Bertz CT molecular complexity index is 1190. The molecular weight excluding hydrogens is 462 g/mol. The quantitative estimate of drug-likeness (QED) is 0.407. The summed E-state index contributed by atoms with van der Waals surface area (Å²) >= 11 is 5.84. The summed E-state index contributed by atoms with van der Waals surface area (Å²) in [5.41, 5.74) is 7.79. The number of urea groups is 1. The molecule has 0 bridgehead atoms. The van der Waals surface area contributed by atoms with Gasteiger partial charge in [-0.15, -0.1) is 0 Å². The normalized spacial score (nSPS) is 18.6. The van der Waals surface area contributed by atoms with E-state index in [1.807, 2.05) is 13.0 Å². The Kier molecular flexibility index (Phi) is 7.02. The number of nitrogens with two attached hydrogens (primary N) is 1. The molecule has 3 aromatic rings. The number of aliphatic hydroxyl groups excluding tert-OH is 1. The van der Waals surface area contributed by atoms with E-state index in [1.54, 1.807) is 42.5 Å². The second kappa shape index (κ2) is 9.97. The molecule has 178 valence electrons. The molecule has 0 spiro atoms. The van der Waals surface area contributed by atoms with Crippen LogP contribution < -0.4 is 21.3 Å². The Morgan fingerprint density at radius 1 is 1.15 bits per heavy atom. The number of aliphatic hydroxyl groups is 1. The number of hydrogen-bond donors (Lipinski definition) is 4. The number of benzene rings is 3. The van der Waals surface area contributed by atoms with Crippen molar-refractivity contribution in [3.8, 4) is 11.1 Å². The third-order valence-electron chi connectivity index (χ3n) is 5.87. The lowest BCUT2D eigenvalue weighted by Gasteiger charge is -2.26. The molecule has 6 nitrogen and oxygen atoms in total. The van der Waals surface area contributed by atoms with Gasteiger partial charge in [0.1, 0.15) is 6.23 Å². The molecule has 0 aliphatic carbocycles. The summed E-state index contributed by atoms with van der Waals surface area (Å²) in [4.78, 5) is 13.7. The molecular formula is C25H25ClF2N4O2. The molecule has 4 rings (SSSR count). The lowest BCUT2D eigenvalue weighted by atomic mass is 9.99. The third-order valence-corrected chi connectivity index (χ3v) is 6.13. The zero-order valence-corrected chi connectivity index (χ0v) is 19.2. The highest BCUT2D eigenvalue weighted by Gasteiger charge is 2.36. The van der Waals surface area contributed by atoms with Crippen LogP contribution in [-0.4, -0.2) is 30.0 Å². The van der Waals surface area contributed by atoms with E-state index >= 15 is 8.78 Å². The first kappa shape index (κ1) is 23.9. The average molecular weight is 487 g/mol. The van der Waals surface area contributed by atoms with Crippen molar-refractivity contribution in [2.45, 2.75) is 31.7 Å². The fourth-order valence-corrected chi connectivity index (χ4v) is 4.15.